The Morgan fingerprint density at radius 3 is 2.28 bits per heavy atom. The molecule has 0 saturated heterocycles. The lowest BCUT2D eigenvalue weighted by molar-refractivity contribution is 0.0687. The first-order valence-electron chi connectivity index (χ1n) is 8.97. The van der Waals surface area contributed by atoms with Gasteiger partial charge in [0.15, 0.2) is 16.7 Å². The molecule has 2 N–H and O–H groups in total. The van der Waals surface area contributed by atoms with Crippen LogP contribution in [-0.4, -0.2) is 39.6 Å². The zero-order valence-corrected chi connectivity index (χ0v) is 16.7. The zero-order valence-electron chi connectivity index (χ0n) is 15.9. The molecule has 0 radical (unpaired) electrons. The number of carbonyl (C=O) groups is 2. The first-order valence-corrected chi connectivity index (χ1v) is 10.2. The van der Waals surface area contributed by atoms with E-state index in [2.05, 4.69) is 22.4 Å². The minimum Gasteiger partial charge on any atom is -0.476 e. The average molecular weight is 409 g/mol. The van der Waals surface area contributed by atoms with E-state index in [9.17, 15) is 14.7 Å². The second-order valence-corrected chi connectivity index (χ2v) is 7.38. The summed E-state index contributed by atoms with van der Waals surface area (Å²) in [7, 11) is 1.59. The van der Waals surface area contributed by atoms with Gasteiger partial charge >= 0.3 is 12.1 Å². The molecule has 1 heterocycles. The van der Waals surface area contributed by atoms with E-state index in [-0.39, 0.29) is 24.0 Å². The average Bonchev–Trinajstić information content (AvgIpc) is 3.20. The molecule has 4 rings (SSSR count). The highest BCUT2D eigenvalue weighted by Crippen LogP contribution is 2.44. The molecule has 1 aliphatic rings. The zero-order chi connectivity index (χ0) is 20.5. The van der Waals surface area contributed by atoms with Crippen LogP contribution >= 0.6 is 11.8 Å². The fourth-order valence-electron chi connectivity index (χ4n) is 3.72. The van der Waals surface area contributed by atoms with Gasteiger partial charge in [-0.2, -0.15) is 0 Å². The second kappa shape index (κ2) is 7.63. The van der Waals surface area contributed by atoms with Crippen molar-refractivity contribution in [2.45, 2.75) is 11.1 Å². The van der Waals surface area contributed by atoms with E-state index in [1.165, 1.54) is 16.3 Å². The topological polar surface area (TPSA) is 93.4 Å². The summed E-state index contributed by atoms with van der Waals surface area (Å²) in [5.74, 6) is -1.27. The maximum absolute atomic E-state index is 12.4. The number of fused-ring (bicyclic) bond motifs is 3. The number of ether oxygens (including phenoxy) is 1. The molecular weight excluding hydrogens is 390 g/mol. The van der Waals surface area contributed by atoms with Gasteiger partial charge in [-0.25, -0.2) is 14.6 Å². The molecular formula is C21H19N3O4S. The normalized spacial score (nSPS) is 12.3. The highest BCUT2D eigenvalue weighted by atomic mass is 32.2. The van der Waals surface area contributed by atoms with Gasteiger partial charge in [0.2, 0.25) is 0 Å². The van der Waals surface area contributed by atoms with Gasteiger partial charge in [0.1, 0.15) is 6.61 Å². The molecule has 8 heteroatoms. The summed E-state index contributed by atoms with van der Waals surface area (Å²) in [4.78, 5) is 28.1. The lowest BCUT2D eigenvalue weighted by Gasteiger charge is -2.14. The van der Waals surface area contributed by atoms with Gasteiger partial charge in [-0.15, -0.1) is 0 Å². The number of aromatic nitrogens is 2. The van der Waals surface area contributed by atoms with Gasteiger partial charge in [-0.1, -0.05) is 60.3 Å². The lowest BCUT2D eigenvalue weighted by Crippen LogP contribution is -2.19. The van der Waals surface area contributed by atoms with Crippen molar-refractivity contribution in [3.8, 4) is 11.1 Å². The highest BCUT2D eigenvalue weighted by Gasteiger charge is 2.29. The third-order valence-corrected chi connectivity index (χ3v) is 5.73. The first kappa shape index (κ1) is 19.1. The molecule has 1 amide bonds. The number of hydrogen-bond donors (Lipinski definition) is 2. The molecule has 2 aromatic carbocycles. The predicted molar refractivity (Wildman–Crippen MR) is 111 cm³/mol. The Morgan fingerprint density at radius 1 is 1.14 bits per heavy atom. The molecule has 0 unspecified atom stereocenters. The van der Waals surface area contributed by atoms with E-state index in [1.807, 2.05) is 36.4 Å². The number of nitrogens with one attached hydrogen (secondary N) is 1. The summed E-state index contributed by atoms with van der Waals surface area (Å²) < 4.78 is 6.88. The largest absolute Gasteiger partial charge is 0.476 e. The molecule has 148 valence electrons. The standard InChI is InChI=1S/C21H19N3O4S/c1-24-17(19(25)26)18(22-20(24)29-2)23-21(27)28-11-16-14-9-5-3-7-12(14)13-8-4-6-10-15(13)16/h3-10,16H,11H2,1-2H3,(H,23,27)(H,25,26). The third-order valence-electron chi connectivity index (χ3n) is 5.00. The van der Waals surface area contributed by atoms with Crippen LogP contribution in [0, 0.1) is 0 Å². The smallest absolute Gasteiger partial charge is 0.412 e. The summed E-state index contributed by atoms with van der Waals surface area (Å²) in [6.45, 7) is 0.143. The Labute approximate surface area is 171 Å². The van der Waals surface area contributed by atoms with Crippen molar-refractivity contribution < 1.29 is 19.4 Å². The second-order valence-electron chi connectivity index (χ2n) is 6.61. The molecule has 1 aromatic heterocycles. The van der Waals surface area contributed by atoms with E-state index in [4.69, 9.17) is 4.74 Å². The number of anilines is 1. The number of carboxylic acids is 1. The monoisotopic (exact) mass is 409 g/mol. The summed E-state index contributed by atoms with van der Waals surface area (Å²) in [6, 6.07) is 16.1. The number of carbonyl (C=O) groups excluding carboxylic acids is 1. The molecule has 0 bridgehead atoms. The molecule has 0 saturated carbocycles. The van der Waals surface area contributed by atoms with E-state index in [0.717, 1.165) is 22.3 Å². The Hall–Kier alpha value is -3.26. The van der Waals surface area contributed by atoms with Crippen molar-refractivity contribution in [1.82, 2.24) is 9.55 Å². The van der Waals surface area contributed by atoms with Gasteiger partial charge in [0, 0.05) is 13.0 Å². The number of hydrogen-bond acceptors (Lipinski definition) is 5. The van der Waals surface area contributed by atoms with E-state index >= 15 is 0 Å². The third kappa shape index (κ3) is 3.36. The van der Waals surface area contributed by atoms with Gasteiger partial charge in [0.25, 0.3) is 0 Å². The molecule has 29 heavy (non-hydrogen) atoms. The maximum atomic E-state index is 12.4. The van der Waals surface area contributed by atoms with Crippen molar-refractivity contribution in [2.24, 2.45) is 7.05 Å². The van der Waals surface area contributed by atoms with Gasteiger partial charge in [0.05, 0.1) is 0 Å². The minimum atomic E-state index is -1.17. The van der Waals surface area contributed by atoms with Crippen molar-refractivity contribution in [2.75, 3.05) is 18.2 Å². The van der Waals surface area contributed by atoms with Crippen molar-refractivity contribution in [1.29, 1.82) is 0 Å². The van der Waals surface area contributed by atoms with Crippen LogP contribution in [0.3, 0.4) is 0 Å². The van der Waals surface area contributed by atoms with E-state index in [1.54, 1.807) is 13.3 Å². The highest BCUT2D eigenvalue weighted by molar-refractivity contribution is 7.98. The Bertz CT molecular complexity index is 1060. The van der Waals surface area contributed by atoms with Crippen LogP contribution in [0.5, 0.6) is 0 Å². The number of rotatable bonds is 5. The Kier molecular flexibility index (Phi) is 5.02. The number of amides is 1. The molecule has 3 aromatic rings. The molecule has 0 fully saturated rings. The Morgan fingerprint density at radius 2 is 1.72 bits per heavy atom. The number of nitrogens with zero attached hydrogens (tertiary/aromatic N) is 2. The van der Waals surface area contributed by atoms with Gasteiger partial charge in [-0.3, -0.25) is 5.32 Å². The number of carboxylic acid groups (broad SMARTS) is 1. The summed E-state index contributed by atoms with van der Waals surface area (Å²) in [5.41, 5.74) is 4.40. The maximum Gasteiger partial charge on any atom is 0.412 e. The van der Waals surface area contributed by atoms with E-state index in [0.29, 0.717) is 5.16 Å². The quantitative estimate of drug-likeness (QED) is 0.614. The molecule has 1 aliphatic carbocycles. The molecule has 0 spiro atoms. The SMILES string of the molecule is CSc1nc(NC(=O)OCC2c3ccccc3-c3ccccc32)c(C(=O)O)n1C. The number of aromatic carboxylic acids is 1. The minimum absolute atomic E-state index is 0.0263. The first-order chi connectivity index (χ1) is 14.0. The van der Waals surface area contributed by atoms with Crippen molar-refractivity contribution in [3.05, 3.63) is 65.4 Å². The summed E-state index contributed by atoms with van der Waals surface area (Å²) in [5, 5.41) is 12.4. The van der Waals surface area contributed by atoms with Crippen LogP contribution in [-0.2, 0) is 11.8 Å². The van der Waals surface area contributed by atoms with E-state index < -0.39 is 12.1 Å². The fourth-order valence-corrected chi connectivity index (χ4v) is 4.27. The number of imidazole rings is 1. The predicted octanol–water partition coefficient (Wildman–Crippen LogP) is 4.20. The number of benzene rings is 2. The van der Waals surface area contributed by atoms with Gasteiger partial charge in [-0.05, 0) is 28.5 Å². The van der Waals surface area contributed by atoms with Gasteiger partial charge < -0.3 is 14.4 Å². The number of thioether (sulfide) groups is 1. The van der Waals surface area contributed by atoms with Crippen LogP contribution in [0.1, 0.15) is 27.5 Å². The summed E-state index contributed by atoms with van der Waals surface area (Å²) in [6.07, 6.45) is 1.05. The molecule has 0 atom stereocenters. The fraction of sp³-hybridized carbons (Fsp3) is 0.190. The summed E-state index contributed by atoms with van der Waals surface area (Å²) >= 11 is 1.29. The van der Waals surface area contributed by atoms with Crippen molar-refractivity contribution in [3.63, 3.8) is 0 Å². The molecule has 7 nitrogen and oxygen atoms in total. The Balaban J connectivity index is 1.52. The van der Waals surface area contributed by atoms with Crippen LogP contribution in [0.2, 0.25) is 0 Å². The van der Waals surface area contributed by atoms with Crippen LogP contribution in [0.15, 0.2) is 53.7 Å². The van der Waals surface area contributed by atoms with Crippen molar-refractivity contribution >= 4 is 29.6 Å². The van der Waals surface area contributed by atoms with Crippen LogP contribution in [0.25, 0.3) is 11.1 Å². The van der Waals surface area contributed by atoms with Crippen LogP contribution < -0.4 is 5.32 Å². The lowest BCUT2D eigenvalue weighted by atomic mass is 9.98. The molecule has 0 aliphatic heterocycles. The van der Waals surface area contributed by atoms with Crippen LogP contribution in [0.4, 0.5) is 10.6 Å².